The highest BCUT2D eigenvalue weighted by Gasteiger charge is 2.29. The third kappa shape index (κ3) is 5.83. The number of aryl methyl sites for hydroxylation is 1. The van der Waals surface area contributed by atoms with Crippen molar-refractivity contribution < 1.29 is 27.4 Å². The maximum absolute atomic E-state index is 14.5. The van der Waals surface area contributed by atoms with Crippen molar-refractivity contribution in [2.45, 2.75) is 71.0 Å². The first-order chi connectivity index (χ1) is 13.0. The molecule has 0 amide bonds. The number of benzene rings is 1. The van der Waals surface area contributed by atoms with Crippen LogP contribution in [0.1, 0.15) is 73.9 Å². The fourth-order valence-electron chi connectivity index (χ4n) is 3.27. The molecule has 0 N–H and O–H groups in total. The van der Waals surface area contributed by atoms with Crippen molar-refractivity contribution in [1.82, 2.24) is 0 Å². The van der Waals surface area contributed by atoms with Gasteiger partial charge in [0.05, 0.1) is 23.8 Å². The monoisotopic (exact) mass is 384 g/mol. The zero-order valence-electron chi connectivity index (χ0n) is 15.8. The maximum atomic E-state index is 14.5. The van der Waals surface area contributed by atoms with E-state index in [0.717, 1.165) is 19.3 Å². The third-order valence-corrected chi connectivity index (χ3v) is 4.73. The first-order valence-electron chi connectivity index (χ1n) is 9.51. The number of hydrogen-bond acceptors (Lipinski definition) is 3. The van der Waals surface area contributed by atoms with Crippen molar-refractivity contribution in [3.05, 3.63) is 46.8 Å². The summed E-state index contributed by atoms with van der Waals surface area (Å²) < 4.78 is 52.4. The number of allylic oxidation sites excluding steroid dienone is 2. The van der Waals surface area contributed by atoms with Gasteiger partial charge in [-0.05, 0) is 50.7 Å². The maximum Gasteiger partial charge on any atom is 0.339 e. The molecule has 1 heterocycles. The van der Waals surface area contributed by atoms with E-state index < -0.39 is 35.4 Å². The van der Waals surface area contributed by atoms with Crippen LogP contribution in [0.5, 0.6) is 0 Å². The number of rotatable bonds is 8. The smallest absolute Gasteiger partial charge is 0.339 e. The van der Waals surface area contributed by atoms with E-state index >= 15 is 0 Å². The molecule has 150 valence electrons. The van der Waals surface area contributed by atoms with Gasteiger partial charge in [0.15, 0.2) is 0 Å². The Bertz CT molecular complexity index is 650. The van der Waals surface area contributed by atoms with Crippen molar-refractivity contribution in [1.29, 1.82) is 0 Å². The van der Waals surface area contributed by atoms with Gasteiger partial charge < -0.3 is 9.47 Å². The average molecular weight is 384 g/mol. The van der Waals surface area contributed by atoms with Gasteiger partial charge in [0.2, 0.25) is 0 Å². The Hall–Kier alpha value is -1.82. The van der Waals surface area contributed by atoms with Gasteiger partial charge >= 0.3 is 5.97 Å². The molecular formula is C21H27F3O3. The quantitative estimate of drug-likeness (QED) is 0.421. The Balaban J connectivity index is 2.10. The average Bonchev–Trinajstić information content (AvgIpc) is 2.64. The van der Waals surface area contributed by atoms with Gasteiger partial charge in [0, 0.05) is 0 Å². The van der Waals surface area contributed by atoms with Crippen molar-refractivity contribution >= 4 is 5.97 Å². The van der Waals surface area contributed by atoms with Crippen LogP contribution in [0.25, 0.3) is 0 Å². The second-order valence-electron chi connectivity index (χ2n) is 6.76. The summed E-state index contributed by atoms with van der Waals surface area (Å²) in [5.74, 6) is -1.95. The van der Waals surface area contributed by atoms with Gasteiger partial charge in [-0.3, -0.25) is 0 Å². The highest BCUT2D eigenvalue weighted by molar-refractivity contribution is 5.91. The number of carbonyl (C=O) groups is 1. The standard InChI is InChI=1S/C21H27F3O3/c1-3-5-6-8-14-9-12-17(18(19(14)22)20(23)24)21(25)27-16-11-10-15(7-4-2)26-13-16/h3,5,9,12,15-16,20H,4,6-8,10-11,13H2,1-2H3. The van der Waals surface area contributed by atoms with Crippen LogP contribution < -0.4 is 0 Å². The largest absolute Gasteiger partial charge is 0.456 e. The highest BCUT2D eigenvalue weighted by Crippen LogP contribution is 2.30. The fourth-order valence-corrected chi connectivity index (χ4v) is 3.27. The van der Waals surface area contributed by atoms with Crippen LogP contribution in [0.3, 0.4) is 0 Å². The third-order valence-electron chi connectivity index (χ3n) is 4.73. The van der Waals surface area contributed by atoms with Crippen molar-refractivity contribution in [2.75, 3.05) is 6.61 Å². The number of alkyl halides is 2. The summed E-state index contributed by atoms with van der Waals surface area (Å²) >= 11 is 0. The molecule has 0 bridgehead atoms. The summed E-state index contributed by atoms with van der Waals surface area (Å²) in [5, 5.41) is 0. The molecule has 2 atom stereocenters. The molecule has 6 heteroatoms. The molecule has 1 fully saturated rings. The van der Waals surface area contributed by atoms with Crippen LogP contribution in [0.15, 0.2) is 24.3 Å². The van der Waals surface area contributed by atoms with Gasteiger partial charge in [0.25, 0.3) is 6.43 Å². The van der Waals surface area contributed by atoms with Gasteiger partial charge in [0.1, 0.15) is 11.9 Å². The molecule has 27 heavy (non-hydrogen) atoms. The van der Waals surface area contributed by atoms with Crippen LogP contribution in [-0.4, -0.2) is 24.8 Å². The molecule has 1 saturated heterocycles. The lowest BCUT2D eigenvalue weighted by Crippen LogP contribution is -2.33. The minimum absolute atomic E-state index is 0.149. The number of ether oxygens (including phenoxy) is 2. The molecule has 0 aliphatic carbocycles. The molecule has 0 saturated carbocycles. The summed E-state index contributed by atoms with van der Waals surface area (Å²) in [6, 6.07) is 2.62. The second-order valence-corrected chi connectivity index (χ2v) is 6.76. The number of carbonyl (C=O) groups excluding carboxylic acids is 1. The van der Waals surface area contributed by atoms with Gasteiger partial charge in [-0.15, -0.1) is 0 Å². The number of hydrogen-bond donors (Lipinski definition) is 0. The van der Waals surface area contributed by atoms with Crippen molar-refractivity contribution in [2.24, 2.45) is 0 Å². The Morgan fingerprint density at radius 3 is 2.74 bits per heavy atom. The van der Waals surface area contributed by atoms with E-state index in [0.29, 0.717) is 19.3 Å². The first-order valence-corrected chi connectivity index (χ1v) is 9.51. The van der Waals surface area contributed by atoms with E-state index in [1.54, 1.807) is 0 Å². The van der Waals surface area contributed by atoms with Crippen LogP contribution in [-0.2, 0) is 15.9 Å². The molecule has 0 spiro atoms. The molecule has 1 aliphatic heterocycles. The minimum atomic E-state index is -3.09. The van der Waals surface area contributed by atoms with Gasteiger partial charge in [-0.2, -0.15) is 0 Å². The van der Waals surface area contributed by atoms with Crippen LogP contribution in [0, 0.1) is 5.82 Å². The molecule has 1 aromatic rings. The molecular weight excluding hydrogens is 357 g/mol. The van der Waals surface area contributed by atoms with Gasteiger partial charge in [-0.1, -0.05) is 31.6 Å². The fraction of sp³-hybridized carbons (Fsp3) is 0.571. The molecule has 0 aromatic heterocycles. The molecule has 3 nitrogen and oxygen atoms in total. The normalized spacial score (nSPS) is 20.4. The van der Waals surface area contributed by atoms with Gasteiger partial charge in [-0.25, -0.2) is 18.0 Å². The Morgan fingerprint density at radius 2 is 2.15 bits per heavy atom. The molecule has 0 radical (unpaired) electrons. The van der Waals surface area contributed by atoms with E-state index in [9.17, 15) is 18.0 Å². The molecule has 2 unspecified atom stereocenters. The summed E-state index contributed by atoms with van der Waals surface area (Å²) in [6.45, 7) is 4.14. The first kappa shape index (κ1) is 21.5. The lowest BCUT2D eigenvalue weighted by atomic mass is 9.99. The minimum Gasteiger partial charge on any atom is -0.456 e. The second kappa shape index (κ2) is 10.5. The number of esters is 1. The van der Waals surface area contributed by atoms with E-state index in [-0.39, 0.29) is 18.3 Å². The zero-order valence-corrected chi connectivity index (χ0v) is 15.8. The molecule has 1 aromatic carbocycles. The van der Waals surface area contributed by atoms with E-state index in [2.05, 4.69) is 6.92 Å². The van der Waals surface area contributed by atoms with E-state index in [1.807, 2.05) is 19.1 Å². The molecule has 1 aliphatic rings. The SMILES string of the molecule is CC=CCCc1ccc(C(=O)OC2CCC(CCC)OC2)c(C(F)F)c1F. The summed E-state index contributed by atoms with van der Waals surface area (Å²) in [7, 11) is 0. The van der Waals surface area contributed by atoms with Crippen LogP contribution in [0.2, 0.25) is 0 Å². The summed E-state index contributed by atoms with van der Waals surface area (Å²) in [6.07, 6.45) is 4.36. The lowest BCUT2D eigenvalue weighted by molar-refractivity contribution is -0.0689. The van der Waals surface area contributed by atoms with Crippen LogP contribution in [0.4, 0.5) is 13.2 Å². The van der Waals surface area contributed by atoms with Crippen LogP contribution >= 0.6 is 0 Å². The van der Waals surface area contributed by atoms with E-state index in [4.69, 9.17) is 9.47 Å². The highest BCUT2D eigenvalue weighted by atomic mass is 19.3. The van der Waals surface area contributed by atoms with Crippen molar-refractivity contribution in [3.63, 3.8) is 0 Å². The summed E-state index contributed by atoms with van der Waals surface area (Å²) in [4.78, 5) is 12.4. The lowest BCUT2D eigenvalue weighted by Gasteiger charge is -2.28. The zero-order chi connectivity index (χ0) is 19.8. The molecule has 2 rings (SSSR count). The predicted octanol–water partition coefficient (Wildman–Crippen LogP) is 5.78. The Labute approximate surface area is 158 Å². The van der Waals surface area contributed by atoms with Crippen molar-refractivity contribution in [3.8, 4) is 0 Å². The topological polar surface area (TPSA) is 35.5 Å². The Kier molecular flexibility index (Phi) is 8.35. The number of halogens is 3. The predicted molar refractivity (Wildman–Crippen MR) is 97.6 cm³/mol. The Morgan fingerprint density at radius 1 is 1.37 bits per heavy atom. The van der Waals surface area contributed by atoms with E-state index in [1.165, 1.54) is 12.1 Å². The summed E-state index contributed by atoms with van der Waals surface area (Å²) in [5.41, 5.74) is -1.12.